The SMILES string of the molecule is CC(=O)c1cc(F)c(C(F)(F)F)cc1C. The van der Waals surface area contributed by atoms with Gasteiger partial charge < -0.3 is 0 Å². The number of halogens is 4. The first-order chi connectivity index (χ1) is 6.73. The molecular weight excluding hydrogens is 212 g/mol. The molecule has 0 N–H and O–H groups in total. The zero-order valence-electron chi connectivity index (χ0n) is 8.07. The van der Waals surface area contributed by atoms with Crippen molar-refractivity contribution in [2.45, 2.75) is 20.0 Å². The molecule has 5 heteroatoms. The first-order valence-corrected chi connectivity index (χ1v) is 4.11. The highest BCUT2D eigenvalue weighted by molar-refractivity contribution is 5.95. The van der Waals surface area contributed by atoms with Crippen molar-refractivity contribution in [3.63, 3.8) is 0 Å². The molecule has 0 aliphatic carbocycles. The van der Waals surface area contributed by atoms with Gasteiger partial charge in [-0.1, -0.05) is 0 Å². The number of rotatable bonds is 1. The van der Waals surface area contributed by atoms with Crippen LogP contribution in [0.3, 0.4) is 0 Å². The Hall–Kier alpha value is -1.39. The molecule has 1 aromatic carbocycles. The Labute approximate surface area is 83.7 Å². The molecule has 0 aliphatic heterocycles. The third-order valence-corrected chi connectivity index (χ3v) is 2.00. The van der Waals surface area contributed by atoms with E-state index in [9.17, 15) is 22.4 Å². The molecule has 15 heavy (non-hydrogen) atoms. The highest BCUT2D eigenvalue weighted by atomic mass is 19.4. The summed E-state index contributed by atoms with van der Waals surface area (Å²) in [5.74, 6) is -1.88. The lowest BCUT2D eigenvalue weighted by molar-refractivity contribution is -0.140. The molecule has 1 aromatic rings. The summed E-state index contributed by atoms with van der Waals surface area (Å²) in [4.78, 5) is 10.9. The fourth-order valence-electron chi connectivity index (χ4n) is 1.28. The first kappa shape index (κ1) is 11.7. The Bertz CT molecular complexity index is 407. The maximum Gasteiger partial charge on any atom is 0.419 e. The van der Waals surface area contributed by atoms with E-state index in [1.54, 1.807) is 0 Å². The number of carbonyl (C=O) groups is 1. The van der Waals surface area contributed by atoms with Gasteiger partial charge in [-0.25, -0.2) is 4.39 Å². The van der Waals surface area contributed by atoms with E-state index >= 15 is 0 Å². The van der Waals surface area contributed by atoms with Gasteiger partial charge in [-0.15, -0.1) is 0 Å². The summed E-state index contributed by atoms with van der Waals surface area (Å²) >= 11 is 0. The maximum absolute atomic E-state index is 13.0. The van der Waals surface area contributed by atoms with Crippen molar-refractivity contribution in [3.05, 3.63) is 34.6 Å². The Morgan fingerprint density at radius 3 is 2.20 bits per heavy atom. The van der Waals surface area contributed by atoms with Gasteiger partial charge in [-0.05, 0) is 31.5 Å². The number of hydrogen-bond donors (Lipinski definition) is 0. The summed E-state index contributed by atoms with van der Waals surface area (Å²) < 4.78 is 49.7. The Kier molecular flexibility index (Phi) is 2.83. The van der Waals surface area contributed by atoms with Crippen molar-refractivity contribution in [2.75, 3.05) is 0 Å². The summed E-state index contributed by atoms with van der Waals surface area (Å²) in [6.45, 7) is 2.51. The second-order valence-corrected chi connectivity index (χ2v) is 3.20. The third-order valence-electron chi connectivity index (χ3n) is 2.00. The summed E-state index contributed by atoms with van der Waals surface area (Å²) in [6.07, 6.45) is -4.73. The van der Waals surface area contributed by atoms with Gasteiger partial charge in [-0.2, -0.15) is 13.2 Å². The number of Topliss-reactive ketones (excluding diaryl/α,β-unsaturated/α-hetero) is 1. The van der Waals surface area contributed by atoms with Crippen LogP contribution in [0.25, 0.3) is 0 Å². The quantitative estimate of drug-likeness (QED) is 0.524. The average molecular weight is 220 g/mol. The first-order valence-electron chi connectivity index (χ1n) is 4.11. The molecule has 0 atom stereocenters. The topological polar surface area (TPSA) is 17.1 Å². The normalized spacial score (nSPS) is 11.6. The molecule has 82 valence electrons. The minimum absolute atomic E-state index is 0.0273. The van der Waals surface area contributed by atoms with Crippen molar-refractivity contribution >= 4 is 5.78 Å². The molecule has 0 radical (unpaired) electrons. The van der Waals surface area contributed by atoms with Gasteiger partial charge in [0.25, 0.3) is 0 Å². The molecule has 0 unspecified atom stereocenters. The van der Waals surface area contributed by atoms with Gasteiger partial charge in [0.2, 0.25) is 0 Å². The molecule has 0 saturated carbocycles. The van der Waals surface area contributed by atoms with Gasteiger partial charge in [0, 0.05) is 5.56 Å². The molecule has 1 rings (SSSR count). The van der Waals surface area contributed by atoms with Crippen LogP contribution < -0.4 is 0 Å². The van der Waals surface area contributed by atoms with Crippen molar-refractivity contribution in [3.8, 4) is 0 Å². The summed E-state index contributed by atoms with van der Waals surface area (Å²) in [5.41, 5.74) is -1.25. The zero-order valence-corrected chi connectivity index (χ0v) is 8.07. The lowest BCUT2D eigenvalue weighted by Gasteiger charge is -2.10. The average Bonchev–Trinajstić information content (AvgIpc) is 2.06. The maximum atomic E-state index is 13.0. The van der Waals surface area contributed by atoms with Crippen LogP contribution in [-0.4, -0.2) is 5.78 Å². The lowest BCUT2D eigenvalue weighted by Crippen LogP contribution is -2.10. The monoisotopic (exact) mass is 220 g/mol. The molecule has 0 aromatic heterocycles. The molecule has 0 fully saturated rings. The van der Waals surface area contributed by atoms with Crippen LogP contribution in [0.2, 0.25) is 0 Å². The van der Waals surface area contributed by atoms with E-state index in [4.69, 9.17) is 0 Å². The number of aryl methyl sites for hydroxylation is 1. The summed E-state index contributed by atoms with van der Waals surface area (Å²) in [6, 6.07) is 1.27. The number of benzene rings is 1. The van der Waals surface area contributed by atoms with E-state index in [-0.39, 0.29) is 11.1 Å². The number of carbonyl (C=O) groups excluding carboxylic acids is 1. The highest BCUT2D eigenvalue weighted by Crippen LogP contribution is 2.32. The van der Waals surface area contributed by atoms with Crippen LogP contribution in [-0.2, 0) is 6.18 Å². The Balaban J connectivity index is 3.39. The predicted octanol–water partition coefficient (Wildman–Crippen LogP) is 3.36. The number of hydrogen-bond acceptors (Lipinski definition) is 1. The van der Waals surface area contributed by atoms with Crippen LogP contribution in [0.15, 0.2) is 12.1 Å². The van der Waals surface area contributed by atoms with Crippen molar-refractivity contribution in [1.29, 1.82) is 0 Å². The smallest absolute Gasteiger partial charge is 0.294 e. The molecule has 1 nitrogen and oxygen atoms in total. The molecule has 0 spiro atoms. The molecule has 0 saturated heterocycles. The van der Waals surface area contributed by atoms with E-state index in [0.717, 1.165) is 0 Å². The van der Waals surface area contributed by atoms with E-state index in [1.807, 2.05) is 0 Å². The van der Waals surface area contributed by atoms with Gasteiger partial charge >= 0.3 is 6.18 Å². The van der Waals surface area contributed by atoms with Gasteiger partial charge in [0.15, 0.2) is 5.78 Å². The summed E-state index contributed by atoms with van der Waals surface area (Å²) in [7, 11) is 0. The van der Waals surface area contributed by atoms with Gasteiger partial charge in [-0.3, -0.25) is 4.79 Å². The van der Waals surface area contributed by atoms with E-state index < -0.39 is 23.3 Å². The van der Waals surface area contributed by atoms with Crippen LogP contribution in [0.1, 0.15) is 28.4 Å². The second-order valence-electron chi connectivity index (χ2n) is 3.20. The summed E-state index contributed by atoms with van der Waals surface area (Å²) in [5, 5.41) is 0. The van der Waals surface area contributed by atoms with Crippen LogP contribution in [0.5, 0.6) is 0 Å². The highest BCUT2D eigenvalue weighted by Gasteiger charge is 2.34. The van der Waals surface area contributed by atoms with Crippen LogP contribution >= 0.6 is 0 Å². The lowest BCUT2D eigenvalue weighted by atomic mass is 10.0. The molecule has 0 heterocycles. The van der Waals surface area contributed by atoms with Crippen molar-refractivity contribution < 1.29 is 22.4 Å². The van der Waals surface area contributed by atoms with Crippen LogP contribution in [0.4, 0.5) is 17.6 Å². The molecule has 0 bridgehead atoms. The second kappa shape index (κ2) is 3.64. The Morgan fingerprint density at radius 1 is 1.27 bits per heavy atom. The predicted molar refractivity (Wildman–Crippen MR) is 46.1 cm³/mol. The minimum atomic E-state index is -4.73. The largest absolute Gasteiger partial charge is 0.419 e. The fraction of sp³-hybridized carbons (Fsp3) is 0.300. The van der Waals surface area contributed by atoms with E-state index in [0.29, 0.717) is 12.1 Å². The minimum Gasteiger partial charge on any atom is -0.294 e. The molecule has 0 amide bonds. The fourth-order valence-corrected chi connectivity index (χ4v) is 1.28. The molecular formula is C10H8F4O. The van der Waals surface area contributed by atoms with E-state index in [1.165, 1.54) is 13.8 Å². The number of ketones is 1. The third kappa shape index (κ3) is 2.34. The van der Waals surface area contributed by atoms with Crippen molar-refractivity contribution in [2.24, 2.45) is 0 Å². The Morgan fingerprint density at radius 2 is 1.80 bits per heavy atom. The van der Waals surface area contributed by atoms with Crippen LogP contribution in [0, 0.1) is 12.7 Å². The zero-order chi connectivity index (χ0) is 11.8. The van der Waals surface area contributed by atoms with Gasteiger partial charge in [0.1, 0.15) is 5.82 Å². The van der Waals surface area contributed by atoms with E-state index in [2.05, 4.69) is 0 Å². The number of alkyl halides is 3. The molecule has 0 aliphatic rings. The van der Waals surface area contributed by atoms with Gasteiger partial charge in [0.05, 0.1) is 5.56 Å². The van der Waals surface area contributed by atoms with Crippen molar-refractivity contribution in [1.82, 2.24) is 0 Å². The standard InChI is InChI=1S/C10H8F4O/c1-5-3-8(10(12,13)14)9(11)4-7(5)6(2)15/h3-4H,1-2H3.